The molecule has 0 aromatic heterocycles. The molecule has 1 N–H and O–H groups in total. The highest BCUT2D eigenvalue weighted by Crippen LogP contribution is 2.68. The lowest BCUT2D eigenvalue weighted by molar-refractivity contribution is -0.130. The average Bonchev–Trinajstić information content (AvgIpc) is 2.35. The van der Waals surface area contributed by atoms with Gasteiger partial charge < -0.3 is 5.11 Å². The minimum absolute atomic E-state index is 0.0222. The van der Waals surface area contributed by atoms with Gasteiger partial charge in [-0.2, -0.15) is 0 Å². The molecule has 0 unspecified atom stereocenters. The lowest BCUT2D eigenvalue weighted by Crippen LogP contribution is -2.52. The number of hydrogen-bond donors (Lipinski definition) is 1. The first-order chi connectivity index (χ1) is 7.28. The van der Waals surface area contributed by atoms with E-state index >= 15 is 0 Å². The zero-order valence-corrected chi connectivity index (χ0v) is 11.0. The zero-order valence-electron chi connectivity index (χ0n) is 11.0. The van der Waals surface area contributed by atoms with E-state index in [9.17, 15) is 9.90 Å². The van der Waals surface area contributed by atoms with Gasteiger partial charge in [0.15, 0.2) is 0 Å². The Morgan fingerprint density at radius 3 is 2.44 bits per heavy atom. The Morgan fingerprint density at radius 2 is 1.88 bits per heavy atom. The van der Waals surface area contributed by atoms with Crippen molar-refractivity contribution >= 4 is 5.78 Å². The summed E-state index contributed by atoms with van der Waals surface area (Å²) in [6, 6.07) is 0. The minimum atomic E-state index is -0.146. The summed E-state index contributed by atoms with van der Waals surface area (Å²) in [5.74, 6) is 0.135. The third kappa shape index (κ3) is 1.20. The summed E-state index contributed by atoms with van der Waals surface area (Å²) in [6.45, 7) is 9.05. The summed E-state index contributed by atoms with van der Waals surface area (Å²) in [5, 5.41) is 9.57. The van der Waals surface area contributed by atoms with E-state index in [-0.39, 0.29) is 34.6 Å². The van der Waals surface area contributed by atoms with Crippen LogP contribution in [-0.2, 0) is 4.79 Å². The maximum atomic E-state index is 12.1. The van der Waals surface area contributed by atoms with E-state index in [1.54, 1.807) is 0 Å². The predicted molar refractivity (Wildman–Crippen MR) is 64.0 cm³/mol. The quantitative estimate of drug-likeness (QED) is 0.743. The monoisotopic (exact) mass is 224 g/mol. The summed E-state index contributed by atoms with van der Waals surface area (Å²) in [4.78, 5) is 12.1. The number of Topliss-reactive ketones (excluding diaryl/α,β-unsaturated/α-hetero) is 1. The van der Waals surface area contributed by atoms with Crippen LogP contribution in [0.3, 0.4) is 0 Å². The van der Waals surface area contributed by atoms with E-state index in [1.807, 2.05) is 0 Å². The number of aliphatic hydroxyl groups excluding tert-OH is 1. The standard InChI is InChI=1S/C14H24O2/c1-12(2)6-5-7-13(3)8-11(16)10(9-15)14(12,13)4/h10,15H,5-9H2,1-4H3/t10-,13-,14-/m1/s1. The molecule has 0 amide bonds. The Bertz CT molecular complexity index is 321. The molecule has 92 valence electrons. The van der Waals surface area contributed by atoms with Crippen LogP contribution < -0.4 is 0 Å². The van der Waals surface area contributed by atoms with Gasteiger partial charge in [0.1, 0.15) is 5.78 Å². The Labute approximate surface area is 98.4 Å². The Morgan fingerprint density at radius 1 is 1.25 bits per heavy atom. The van der Waals surface area contributed by atoms with Crippen molar-refractivity contribution in [1.82, 2.24) is 0 Å². The van der Waals surface area contributed by atoms with Gasteiger partial charge >= 0.3 is 0 Å². The second kappa shape index (κ2) is 3.32. The van der Waals surface area contributed by atoms with Gasteiger partial charge in [-0.1, -0.05) is 34.1 Å². The molecular weight excluding hydrogens is 200 g/mol. The van der Waals surface area contributed by atoms with E-state index in [2.05, 4.69) is 27.7 Å². The topological polar surface area (TPSA) is 37.3 Å². The van der Waals surface area contributed by atoms with E-state index < -0.39 is 0 Å². The average molecular weight is 224 g/mol. The number of ketones is 1. The van der Waals surface area contributed by atoms with Crippen molar-refractivity contribution in [2.75, 3.05) is 6.61 Å². The van der Waals surface area contributed by atoms with Gasteiger partial charge in [-0.15, -0.1) is 0 Å². The molecule has 2 heteroatoms. The Kier molecular flexibility index (Phi) is 2.51. The molecule has 0 bridgehead atoms. The van der Waals surface area contributed by atoms with Crippen molar-refractivity contribution in [1.29, 1.82) is 0 Å². The summed E-state index contributed by atoms with van der Waals surface area (Å²) in [6.07, 6.45) is 4.18. The van der Waals surface area contributed by atoms with Crippen molar-refractivity contribution in [2.45, 2.75) is 53.4 Å². The molecule has 0 aromatic rings. The number of aliphatic hydroxyl groups is 1. The van der Waals surface area contributed by atoms with Crippen LogP contribution in [0.1, 0.15) is 53.4 Å². The van der Waals surface area contributed by atoms with Gasteiger partial charge in [-0.3, -0.25) is 4.79 Å². The zero-order chi connectivity index (χ0) is 12.2. The third-order valence-electron chi connectivity index (χ3n) is 6.02. The van der Waals surface area contributed by atoms with Gasteiger partial charge in [0.2, 0.25) is 0 Å². The molecule has 2 aliphatic carbocycles. The summed E-state index contributed by atoms with van der Waals surface area (Å²) < 4.78 is 0. The Balaban J connectivity index is 2.52. The Hall–Kier alpha value is -0.370. The van der Waals surface area contributed by atoms with Gasteiger partial charge in [-0.25, -0.2) is 0 Å². The fraction of sp³-hybridized carbons (Fsp3) is 0.929. The molecule has 0 heterocycles. The van der Waals surface area contributed by atoms with Crippen LogP contribution in [0.15, 0.2) is 0 Å². The molecule has 0 saturated heterocycles. The van der Waals surface area contributed by atoms with Gasteiger partial charge in [-0.05, 0) is 29.1 Å². The highest BCUT2D eigenvalue weighted by molar-refractivity contribution is 5.86. The molecule has 0 aliphatic heterocycles. The van der Waals surface area contributed by atoms with Gasteiger partial charge in [0, 0.05) is 12.3 Å². The smallest absolute Gasteiger partial charge is 0.139 e. The molecule has 0 radical (unpaired) electrons. The molecule has 0 spiro atoms. The third-order valence-corrected chi connectivity index (χ3v) is 6.02. The first kappa shape index (κ1) is 12.1. The van der Waals surface area contributed by atoms with Crippen LogP contribution in [0.4, 0.5) is 0 Å². The molecule has 2 rings (SSSR count). The highest BCUT2D eigenvalue weighted by Gasteiger charge is 2.65. The molecule has 2 fully saturated rings. The summed E-state index contributed by atoms with van der Waals surface area (Å²) >= 11 is 0. The normalized spacial score (nSPS) is 46.8. The first-order valence-corrected chi connectivity index (χ1v) is 6.42. The molecule has 3 atom stereocenters. The fourth-order valence-electron chi connectivity index (χ4n) is 4.54. The molecule has 2 nitrogen and oxygen atoms in total. The van der Waals surface area contributed by atoms with E-state index in [0.717, 1.165) is 6.42 Å². The maximum absolute atomic E-state index is 12.1. The number of carbonyl (C=O) groups excluding carboxylic acids is 1. The molecule has 16 heavy (non-hydrogen) atoms. The number of rotatable bonds is 1. The van der Waals surface area contributed by atoms with Crippen molar-refractivity contribution in [2.24, 2.45) is 22.2 Å². The molecular formula is C14H24O2. The van der Waals surface area contributed by atoms with E-state index in [0.29, 0.717) is 6.42 Å². The van der Waals surface area contributed by atoms with Crippen LogP contribution >= 0.6 is 0 Å². The summed E-state index contributed by atoms with van der Waals surface area (Å²) in [7, 11) is 0. The largest absolute Gasteiger partial charge is 0.396 e. The second-order valence-electron chi connectivity index (χ2n) is 6.88. The molecule has 0 aromatic carbocycles. The van der Waals surface area contributed by atoms with Crippen LogP contribution in [0.5, 0.6) is 0 Å². The fourth-order valence-corrected chi connectivity index (χ4v) is 4.54. The van der Waals surface area contributed by atoms with E-state index in [4.69, 9.17) is 0 Å². The van der Waals surface area contributed by atoms with Crippen molar-refractivity contribution in [3.05, 3.63) is 0 Å². The molecule has 2 saturated carbocycles. The lowest BCUT2D eigenvalue weighted by atomic mass is 9.46. The minimum Gasteiger partial charge on any atom is -0.396 e. The van der Waals surface area contributed by atoms with Crippen LogP contribution in [0.25, 0.3) is 0 Å². The second-order valence-corrected chi connectivity index (χ2v) is 6.88. The highest BCUT2D eigenvalue weighted by atomic mass is 16.3. The van der Waals surface area contributed by atoms with Crippen LogP contribution in [0.2, 0.25) is 0 Å². The van der Waals surface area contributed by atoms with Crippen molar-refractivity contribution in [3.63, 3.8) is 0 Å². The number of fused-ring (bicyclic) bond motifs is 1. The lowest BCUT2D eigenvalue weighted by Gasteiger charge is -2.57. The van der Waals surface area contributed by atoms with E-state index in [1.165, 1.54) is 12.8 Å². The summed E-state index contributed by atoms with van der Waals surface area (Å²) in [5.41, 5.74) is 0.211. The van der Waals surface area contributed by atoms with Crippen molar-refractivity contribution in [3.8, 4) is 0 Å². The SMILES string of the molecule is CC1(C)CCC[C@]2(C)CC(=O)[C@@H](CO)[C@]12C. The number of hydrogen-bond acceptors (Lipinski definition) is 2. The van der Waals surface area contributed by atoms with Crippen molar-refractivity contribution < 1.29 is 9.90 Å². The number of carbonyl (C=O) groups is 1. The van der Waals surface area contributed by atoms with Crippen LogP contribution in [-0.4, -0.2) is 17.5 Å². The maximum Gasteiger partial charge on any atom is 0.139 e. The first-order valence-electron chi connectivity index (χ1n) is 6.42. The van der Waals surface area contributed by atoms with Crippen LogP contribution in [0, 0.1) is 22.2 Å². The van der Waals surface area contributed by atoms with Gasteiger partial charge in [0.25, 0.3) is 0 Å². The molecule has 2 aliphatic rings. The van der Waals surface area contributed by atoms with Gasteiger partial charge in [0.05, 0.1) is 6.61 Å². The predicted octanol–water partition coefficient (Wildman–Crippen LogP) is 2.79.